The molecule has 2 heteroatoms. The van der Waals surface area contributed by atoms with E-state index in [1.807, 2.05) is 12.1 Å². The van der Waals surface area contributed by atoms with Crippen LogP contribution in [-0.2, 0) is 32.3 Å². The summed E-state index contributed by atoms with van der Waals surface area (Å²) < 4.78 is 5.61. The first-order chi connectivity index (χ1) is 12.8. The first-order valence-corrected chi connectivity index (χ1v) is 9.25. The highest BCUT2D eigenvalue weighted by molar-refractivity contribution is 5.74. The predicted octanol–water partition coefficient (Wildman–Crippen LogP) is 4.74. The highest BCUT2D eigenvalue weighted by Gasteiger charge is 2.14. The first-order valence-electron chi connectivity index (χ1n) is 9.25. The van der Waals surface area contributed by atoms with E-state index in [1.165, 1.54) is 27.8 Å². The lowest BCUT2D eigenvalue weighted by atomic mass is 9.89. The Bertz CT molecular complexity index is 927. The van der Waals surface area contributed by atoms with Crippen molar-refractivity contribution in [3.8, 4) is 16.9 Å². The summed E-state index contributed by atoms with van der Waals surface area (Å²) in [5.41, 5.74) is 8.68. The van der Waals surface area contributed by atoms with Crippen LogP contribution in [0, 0.1) is 0 Å². The van der Waals surface area contributed by atoms with Gasteiger partial charge < -0.3 is 9.84 Å². The smallest absolute Gasteiger partial charge is 0.126 e. The molecule has 0 amide bonds. The molecule has 132 valence electrons. The van der Waals surface area contributed by atoms with Crippen molar-refractivity contribution in [2.75, 3.05) is 7.11 Å². The van der Waals surface area contributed by atoms with Crippen LogP contribution in [-0.4, -0.2) is 12.2 Å². The lowest BCUT2D eigenvalue weighted by Crippen LogP contribution is -2.04. The molecule has 0 unspecified atom stereocenters. The van der Waals surface area contributed by atoms with Gasteiger partial charge in [-0.15, -0.1) is 0 Å². The molecule has 1 N–H and O–H groups in total. The van der Waals surface area contributed by atoms with Gasteiger partial charge in [0.15, 0.2) is 0 Å². The van der Waals surface area contributed by atoms with Crippen molar-refractivity contribution in [3.63, 3.8) is 0 Å². The van der Waals surface area contributed by atoms with Crippen molar-refractivity contribution in [3.05, 3.63) is 88.5 Å². The minimum absolute atomic E-state index is 0.111. The zero-order valence-electron chi connectivity index (χ0n) is 15.2. The van der Waals surface area contributed by atoms with Gasteiger partial charge in [-0.3, -0.25) is 0 Å². The fourth-order valence-corrected chi connectivity index (χ4v) is 3.90. The van der Waals surface area contributed by atoms with Crippen LogP contribution in [0.15, 0.2) is 60.7 Å². The average Bonchev–Trinajstić information content (AvgIpc) is 2.69. The van der Waals surface area contributed by atoms with Crippen LogP contribution in [0.2, 0.25) is 0 Å². The lowest BCUT2D eigenvalue weighted by Gasteiger charge is -2.17. The van der Waals surface area contributed by atoms with Gasteiger partial charge in [0.05, 0.1) is 13.7 Å². The van der Waals surface area contributed by atoms with Crippen LogP contribution in [0.4, 0.5) is 0 Å². The van der Waals surface area contributed by atoms with E-state index in [0.717, 1.165) is 42.6 Å². The zero-order valence-corrected chi connectivity index (χ0v) is 15.2. The van der Waals surface area contributed by atoms with Gasteiger partial charge in [0.25, 0.3) is 0 Å². The second-order valence-corrected chi connectivity index (χ2v) is 6.95. The molecule has 26 heavy (non-hydrogen) atoms. The van der Waals surface area contributed by atoms with Crippen LogP contribution in [0.5, 0.6) is 5.75 Å². The third-order valence-corrected chi connectivity index (χ3v) is 5.38. The number of ether oxygens (including phenoxy) is 1. The zero-order chi connectivity index (χ0) is 17.9. The number of methoxy groups -OCH3 is 1. The van der Waals surface area contributed by atoms with Gasteiger partial charge in [-0.2, -0.15) is 0 Å². The maximum Gasteiger partial charge on any atom is 0.126 e. The molecule has 0 saturated carbocycles. The normalized spacial score (nSPS) is 13.3. The van der Waals surface area contributed by atoms with Gasteiger partial charge in [0.1, 0.15) is 5.75 Å². The van der Waals surface area contributed by atoms with E-state index in [9.17, 15) is 5.11 Å². The largest absolute Gasteiger partial charge is 0.496 e. The third-order valence-electron chi connectivity index (χ3n) is 5.38. The maximum absolute atomic E-state index is 9.76. The molecule has 3 aromatic rings. The number of rotatable bonds is 3. The van der Waals surface area contributed by atoms with E-state index in [4.69, 9.17) is 4.74 Å². The van der Waals surface area contributed by atoms with Crippen LogP contribution in [0.25, 0.3) is 11.1 Å². The summed E-state index contributed by atoms with van der Waals surface area (Å²) in [7, 11) is 1.73. The van der Waals surface area contributed by atoms with Crippen molar-refractivity contribution < 1.29 is 9.84 Å². The van der Waals surface area contributed by atoms with Crippen molar-refractivity contribution in [2.45, 2.75) is 32.3 Å². The molecule has 0 aliphatic heterocycles. The minimum Gasteiger partial charge on any atom is -0.496 e. The fraction of sp³-hybridized carbons (Fsp3) is 0.250. The van der Waals surface area contributed by atoms with Gasteiger partial charge in [-0.1, -0.05) is 54.6 Å². The molecule has 3 aromatic carbocycles. The topological polar surface area (TPSA) is 29.5 Å². The Morgan fingerprint density at radius 1 is 0.769 bits per heavy atom. The molecule has 0 atom stereocenters. The molecule has 4 aliphatic rings. The first kappa shape index (κ1) is 16.9. The number of benzene rings is 3. The molecule has 4 aliphatic carbocycles. The molecular formula is C24H24O2. The Morgan fingerprint density at radius 2 is 1.46 bits per heavy atom. The quantitative estimate of drug-likeness (QED) is 0.744. The summed E-state index contributed by atoms with van der Waals surface area (Å²) in [5.74, 6) is 0.914. The van der Waals surface area contributed by atoms with E-state index in [0.29, 0.717) is 0 Å². The Labute approximate surface area is 155 Å². The molecule has 7 rings (SSSR count). The van der Waals surface area contributed by atoms with E-state index in [1.54, 1.807) is 7.11 Å². The van der Waals surface area contributed by atoms with Crippen LogP contribution < -0.4 is 4.74 Å². The fourth-order valence-electron chi connectivity index (χ4n) is 3.90. The number of hydrogen-bond donors (Lipinski definition) is 1. The Balaban J connectivity index is 1.81. The van der Waals surface area contributed by atoms with Crippen molar-refractivity contribution in [1.82, 2.24) is 0 Å². The van der Waals surface area contributed by atoms with Gasteiger partial charge in [0.2, 0.25) is 0 Å². The number of aliphatic hydroxyl groups is 1. The summed E-state index contributed by atoms with van der Waals surface area (Å²) in [5, 5.41) is 9.76. The van der Waals surface area contributed by atoms with E-state index < -0.39 is 0 Å². The average molecular weight is 344 g/mol. The van der Waals surface area contributed by atoms with Crippen molar-refractivity contribution in [1.29, 1.82) is 0 Å². The van der Waals surface area contributed by atoms with E-state index in [2.05, 4.69) is 48.5 Å². The minimum atomic E-state index is 0.111. The second-order valence-electron chi connectivity index (χ2n) is 6.95. The molecule has 0 fully saturated rings. The SMILES string of the molecule is COc1ccccc1-c1cc2ccc1CCc1ccc(cc1CO)CC2. The van der Waals surface area contributed by atoms with Crippen LogP contribution >= 0.6 is 0 Å². The maximum atomic E-state index is 9.76. The standard InChI is InChI=1S/C24H24O2/c1-26-24-5-3-2-4-22(24)23-15-18-7-6-17-8-10-19(21(14-17)16-25)12-13-20(23)11-9-18/h2-5,8-11,14-15,25H,6-7,12-13,16H2,1H3. The second kappa shape index (κ2) is 7.35. The molecule has 0 heterocycles. The number of hydrogen-bond acceptors (Lipinski definition) is 2. The summed E-state index contributed by atoms with van der Waals surface area (Å²) >= 11 is 0. The molecule has 4 bridgehead atoms. The number of para-hydroxylation sites is 1. The summed E-state index contributed by atoms with van der Waals surface area (Å²) in [6.07, 6.45) is 3.85. The highest BCUT2D eigenvalue weighted by atomic mass is 16.5. The van der Waals surface area contributed by atoms with Crippen LogP contribution in [0.1, 0.15) is 27.8 Å². The van der Waals surface area contributed by atoms with Gasteiger partial charge in [0, 0.05) is 5.56 Å². The summed E-state index contributed by atoms with van der Waals surface area (Å²) in [6, 6.07) is 21.7. The van der Waals surface area contributed by atoms with E-state index in [-0.39, 0.29) is 6.61 Å². The Kier molecular flexibility index (Phi) is 4.77. The molecule has 0 spiro atoms. The van der Waals surface area contributed by atoms with Crippen molar-refractivity contribution in [2.24, 2.45) is 0 Å². The highest BCUT2D eigenvalue weighted by Crippen LogP contribution is 2.34. The molecule has 2 nitrogen and oxygen atoms in total. The van der Waals surface area contributed by atoms with Gasteiger partial charge in [-0.05, 0) is 65.1 Å². The third kappa shape index (κ3) is 3.25. The number of aliphatic hydroxyl groups excluding tert-OH is 1. The molecule has 0 aromatic heterocycles. The summed E-state index contributed by atoms with van der Waals surface area (Å²) in [6.45, 7) is 0.111. The molecule has 0 saturated heterocycles. The van der Waals surface area contributed by atoms with E-state index >= 15 is 0 Å². The monoisotopic (exact) mass is 344 g/mol. The predicted molar refractivity (Wildman–Crippen MR) is 106 cm³/mol. The lowest BCUT2D eigenvalue weighted by molar-refractivity contribution is 0.280. The van der Waals surface area contributed by atoms with Gasteiger partial charge in [-0.25, -0.2) is 0 Å². The molecular weight excluding hydrogens is 320 g/mol. The Hall–Kier alpha value is -2.58. The van der Waals surface area contributed by atoms with Crippen LogP contribution in [0.3, 0.4) is 0 Å². The number of aryl methyl sites for hydroxylation is 4. The summed E-state index contributed by atoms with van der Waals surface area (Å²) in [4.78, 5) is 0. The van der Waals surface area contributed by atoms with Crippen molar-refractivity contribution >= 4 is 0 Å². The van der Waals surface area contributed by atoms with Gasteiger partial charge >= 0.3 is 0 Å². The Morgan fingerprint density at radius 3 is 2.23 bits per heavy atom. The molecule has 0 radical (unpaired) electrons.